The first-order valence-corrected chi connectivity index (χ1v) is 11.9. The molecule has 3 aromatic heterocycles. The van der Waals surface area contributed by atoms with Gasteiger partial charge in [-0.1, -0.05) is 20.8 Å². The largest absolute Gasteiger partial charge is 0.346 e. The van der Waals surface area contributed by atoms with E-state index < -0.39 is 11.2 Å². The molecule has 1 fully saturated rings. The number of aryl methyl sites for hydroxylation is 1. The van der Waals surface area contributed by atoms with Gasteiger partial charge in [-0.3, -0.25) is 19.1 Å². The minimum Gasteiger partial charge on any atom is -0.346 e. The van der Waals surface area contributed by atoms with Gasteiger partial charge in [0, 0.05) is 50.0 Å². The maximum atomic E-state index is 13.7. The highest BCUT2D eigenvalue weighted by Gasteiger charge is 2.26. The van der Waals surface area contributed by atoms with Crippen molar-refractivity contribution in [3.8, 4) is 0 Å². The van der Waals surface area contributed by atoms with E-state index in [2.05, 4.69) is 19.9 Å². The second-order valence-electron chi connectivity index (χ2n) is 8.31. The Morgan fingerprint density at radius 2 is 2.03 bits per heavy atom. The molecule has 1 N–H and O–H groups in total. The third-order valence-electron chi connectivity index (χ3n) is 5.71. The number of thiazole rings is 1. The van der Waals surface area contributed by atoms with Gasteiger partial charge >= 0.3 is 5.69 Å². The summed E-state index contributed by atoms with van der Waals surface area (Å²) in [6.45, 7) is 8.96. The van der Waals surface area contributed by atoms with Gasteiger partial charge in [-0.2, -0.15) is 0 Å². The maximum absolute atomic E-state index is 13.7. The fourth-order valence-electron chi connectivity index (χ4n) is 4.04. The van der Waals surface area contributed by atoms with Gasteiger partial charge in [0.25, 0.3) is 11.5 Å². The van der Waals surface area contributed by atoms with E-state index in [1.807, 2.05) is 26.2 Å². The summed E-state index contributed by atoms with van der Waals surface area (Å²) in [4.78, 5) is 54.3. The Hall–Kier alpha value is -3.01. The average molecular weight is 457 g/mol. The van der Waals surface area contributed by atoms with Crippen molar-refractivity contribution in [2.24, 2.45) is 0 Å². The number of fused-ring (bicyclic) bond motifs is 1. The van der Waals surface area contributed by atoms with Crippen molar-refractivity contribution in [3.63, 3.8) is 0 Å². The molecule has 1 aliphatic heterocycles. The summed E-state index contributed by atoms with van der Waals surface area (Å²) in [5.74, 6) is -0.160. The molecule has 1 amide bonds. The number of H-pyrrole nitrogens is 1. The van der Waals surface area contributed by atoms with E-state index in [9.17, 15) is 14.4 Å². The number of nitrogens with zero attached hydrogens (tertiary/aromatic N) is 5. The van der Waals surface area contributed by atoms with E-state index in [0.29, 0.717) is 43.9 Å². The summed E-state index contributed by atoms with van der Waals surface area (Å²) in [7, 11) is 0. The Labute approximate surface area is 189 Å². The van der Waals surface area contributed by atoms with Crippen LogP contribution in [0.3, 0.4) is 0 Å². The van der Waals surface area contributed by atoms with Crippen molar-refractivity contribution in [2.75, 3.05) is 31.1 Å². The number of anilines is 1. The fourth-order valence-corrected chi connectivity index (χ4v) is 4.74. The van der Waals surface area contributed by atoms with Crippen molar-refractivity contribution in [1.29, 1.82) is 0 Å². The molecule has 32 heavy (non-hydrogen) atoms. The van der Waals surface area contributed by atoms with Crippen LogP contribution in [0.4, 0.5) is 5.13 Å². The van der Waals surface area contributed by atoms with Crippen molar-refractivity contribution < 1.29 is 4.79 Å². The highest BCUT2D eigenvalue weighted by Crippen LogP contribution is 2.23. The van der Waals surface area contributed by atoms with Gasteiger partial charge in [-0.05, 0) is 24.8 Å². The first-order chi connectivity index (χ1) is 15.4. The molecule has 0 aromatic carbocycles. The molecule has 0 unspecified atom stereocenters. The molecule has 4 rings (SSSR count). The molecule has 0 aliphatic carbocycles. The van der Waals surface area contributed by atoms with Gasteiger partial charge in [0.1, 0.15) is 0 Å². The minimum absolute atomic E-state index is 0.0416. The molecule has 4 heterocycles. The standard InChI is InChI=1S/C22H28N6O3S/c1-4-7-28-18-17(19(29)25-21(28)31)15(13-16(24-18)14(2)3)20(30)26-8-5-9-27(11-10-26)22-23-6-12-32-22/h6,12-14H,4-5,7-11H2,1-3H3,(H,25,29,31). The van der Waals surface area contributed by atoms with Crippen molar-refractivity contribution in [2.45, 2.75) is 46.1 Å². The molecule has 9 nitrogen and oxygen atoms in total. The van der Waals surface area contributed by atoms with Crippen LogP contribution in [0.1, 0.15) is 55.6 Å². The highest BCUT2D eigenvalue weighted by atomic mass is 32.1. The maximum Gasteiger partial charge on any atom is 0.329 e. The van der Waals surface area contributed by atoms with Crippen molar-refractivity contribution in [3.05, 3.63) is 49.7 Å². The normalized spacial score (nSPS) is 14.9. The molecule has 0 radical (unpaired) electrons. The van der Waals surface area contributed by atoms with Gasteiger partial charge in [0.15, 0.2) is 10.8 Å². The van der Waals surface area contributed by atoms with Crippen LogP contribution in [0.25, 0.3) is 11.0 Å². The third-order valence-corrected chi connectivity index (χ3v) is 6.54. The number of amides is 1. The minimum atomic E-state index is -0.567. The number of carbonyl (C=O) groups is 1. The monoisotopic (exact) mass is 456 g/mol. The summed E-state index contributed by atoms with van der Waals surface area (Å²) < 4.78 is 1.46. The Morgan fingerprint density at radius 3 is 2.72 bits per heavy atom. The van der Waals surface area contributed by atoms with Crippen LogP contribution < -0.4 is 16.1 Å². The summed E-state index contributed by atoms with van der Waals surface area (Å²) in [6, 6.07) is 1.72. The van der Waals surface area contributed by atoms with E-state index in [-0.39, 0.29) is 22.9 Å². The predicted octanol–water partition coefficient (Wildman–Crippen LogP) is 2.43. The summed E-state index contributed by atoms with van der Waals surface area (Å²) in [6.07, 6.45) is 3.30. The number of aromatic amines is 1. The molecular weight excluding hydrogens is 428 g/mol. The number of aromatic nitrogens is 4. The molecule has 0 spiro atoms. The lowest BCUT2D eigenvalue weighted by molar-refractivity contribution is 0.0768. The number of rotatable bonds is 5. The van der Waals surface area contributed by atoms with E-state index in [4.69, 9.17) is 0 Å². The average Bonchev–Trinajstić information content (AvgIpc) is 3.19. The van der Waals surface area contributed by atoms with Gasteiger partial charge in [-0.15, -0.1) is 11.3 Å². The Balaban J connectivity index is 1.77. The number of hydrogen-bond donors (Lipinski definition) is 1. The Kier molecular flexibility index (Phi) is 6.40. The molecule has 0 saturated carbocycles. The predicted molar refractivity (Wildman–Crippen MR) is 126 cm³/mol. The molecule has 170 valence electrons. The summed E-state index contributed by atoms with van der Waals surface area (Å²) in [5, 5.41) is 3.09. The van der Waals surface area contributed by atoms with Gasteiger partial charge < -0.3 is 9.80 Å². The van der Waals surface area contributed by atoms with E-state index in [0.717, 1.165) is 18.1 Å². The zero-order valence-corrected chi connectivity index (χ0v) is 19.4. The van der Waals surface area contributed by atoms with Crippen LogP contribution in [-0.2, 0) is 6.54 Å². The SMILES string of the molecule is CCCn1c(=O)[nH]c(=O)c2c(C(=O)N3CCCN(c4nccs4)CC3)cc(C(C)C)nc21. The second-order valence-corrected chi connectivity index (χ2v) is 9.18. The van der Waals surface area contributed by atoms with Crippen LogP contribution >= 0.6 is 11.3 Å². The zero-order valence-electron chi connectivity index (χ0n) is 18.6. The Morgan fingerprint density at radius 1 is 1.22 bits per heavy atom. The first kappa shape index (κ1) is 22.2. The van der Waals surface area contributed by atoms with Crippen LogP contribution in [-0.4, -0.2) is 56.5 Å². The molecule has 3 aromatic rings. The van der Waals surface area contributed by atoms with Crippen molar-refractivity contribution >= 4 is 33.4 Å². The highest BCUT2D eigenvalue weighted by molar-refractivity contribution is 7.13. The number of hydrogen-bond acceptors (Lipinski definition) is 7. The smallest absolute Gasteiger partial charge is 0.329 e. The molecule has 10 heteroatoms. The van der Waals surface area contributed by atoms with Gasteiger partial charge in [-0.25, -0.2) is 14.8 Å². The topological polar surface area (TPSA) is 104 Å². The lowest BCUT2D eigenvalue weighted by Gasteiger charge is -2.23. The van der Waals surface area contributed by atoms with Crippen LogP contribution in [0, 0.1) is 0 Å². The van der Waals surface area contributed by atoms with Crippen LogP contribution in [0.5, 0.6) is 0 Å². The number of nitrogens with one attached hydrogen (secondary N) is 1. The van der Waals surface area contributed by atoms with Crippen molar-refractivity contribution in [1.82, 2.24) is 24.4 Å². The lowest BCUT2D eigenvalue weighted by Crippen LogP contribution is -2.37. The first-order valence-electron chi connectivity index (χ1n) is 11.0. The van der Waals surface area contributed by atoms with E-state index >= 15 is 0 Å². The summed E-state index contributed by atoms with van der Waals surface area (Å²) >= 11 is 1.59. The summed E-state index contributed by atoms with van der Waals surface area (Å²) in [5.41, 5.74) is 0.226. The number of pyridine rings is 1. The quantitative estimate of drug-likeness (QED) is 0.632. The third kappa shape index (κ3) is 4.19. The second kappa shape index (κ2) is 9.23. The van der Waals surface area contributed by atoms with Gasteiger partial charge in [0.2, 0.25) is 0 Å². The van der Waals surface area contributed by atoms with E-state index in [1.165, 1.54) is 4.57 Å². The fraction of sp³-hybridized carbons (Fsp3) is 0.500. The molecule has 1 saturated heterocycles. The molecule has 0 atom stereocenters. The van der Waals surface area contributed by atoms with Gasteiger partial charge in [0.05, 0.1) is 10.9 Å². The van der Waals surface area contributed by atoms with Crippen LogP contribution in [0.15, 0.2) is 27.2 Å². The zero-order chi connectivity index (χ0) is 22.8. The number of carbonyl (C=O) groups excluding carboxylic acids is 1. The van der Waals surface area contributed by atoms with E-state index in [1.54, 1.807) is 28.5 Å². The Bertz CT molecular complexity index is 1230. The van der Waals surface area contributed by atoms with Crippen LogP contribution in [0.2, 0.25) is 0 Å². The molecule has 1 aliphatic rings. The lowest BCUT2D eigenvalue weighted by atomic mass is 10.0. The molecular formula is C22H28N6O3S. The molecule has 0 bridgehead atoms.